The van der Waals surface area contributed by atoms with Gasteiger partial charge in [-0.1, -0.05) is 38.2 Å². The lowest BCUT2D eigenvalue weighted by Crippen LogP contribution is -2.39. The van der Waals surface area contributed by atoms with Crippen molar-refractivity contribution in [3.05, 3.63) is 52.3 Å². The Morgan fingerprint density at radius 1 is 1.13 bits per heavy atom. The van der Waals surface area contributed by atoms with Gasteiger partial charge in [-0.2, -0.15) is 18.4 Å². The zero-order chi connectivity index (χ0) is 27.1. The number of aromatic amines is 1. The number of H-pyrrole nitrogens is 1. The first-order valence-corrected chi connectivity index (χ1v) is 14.4. The smallest absolute Gasteiger partial charge is 0.354 e. The molecule has 1 saturated carbocycles. The molecule has 1 saturated heterocycles. The first kappa shape index (κ1) is 26.1. The molecule has 10 heteroatoms. The van der Waals surface area contributed by atoms with Crippen molar-refractivity contribution in [1.29, 1.82) is 5.26 Å². The molecule has 6 rings (SSSR count). The number of nitrogens with one attached hydrogen (secondary N) is 2. The van der Waals surface area contributed by atoms with Crippen molar-refractivity contribution in [2.75, 3.05) is 18.0 Å². The zero-order valence-corrected chi connectivity index (χ0v) is 22.6. The Bertz CT molecular complexity index is 1530. The molecule has 1 aliphatic carbocycles. The number of aryl methyl sites for hydroxylation is 1. The lowest BCUT2D eigenvalue weighted by Gasteiger charge is -2.31. The van der Waals surface area contributed by atoms with Crippen LogP contribution in [0.4, 0.5) is 19.0 Å². The molecule has 0 amide bonds. The van der Waals surface area contributed by atoms with Gasteiger partial charge in [-0.05, 0) is 48.1 Å². The minimum absolute atomic E-state index is 0.238. The fourth-order valence-electron chi connectivity index (χ4n) is 6.57. The van der Waals surface area contributed by atoms with Crippen molar-refractivity contribution in [3.8, 4) is 6.07 Å². The summed E-state index contributed by atoms with van der Waals surface area (Å²) in [5, 5.41) is 14.9. The Hall–Kier alpha value is -3.16. The van der Waals surface area contributed by atoms with Crippen LogP contribution in [0.3, 0.4) is 0 Å². The van der Waals surface area contributed by atoms with E-state index in [0.717, 1.165) is 46.7 Å². The molecule has 2 aliphatic rings. The molecule has 2 N–H and O–H groups in total. The van der Waals surface area contributed by atoms with E-state index in [0.29, 0.717) is 34.3 Å². The van der Waals surface area contributed by atoms with E-state index < -0.39 is 12.6 Å². The highest BCUT2D eigenvalue weighted by atomic mass is 32.1. The van der Waals surface area contributed by atoms with E-state index in [1.807, 2.05) is 12.1 Å². The van der Waals surface area contributed by atoms with E-state index >= 15 is 0 Å². The van der Waals surface area contributed by atoms with Crippen molar-refractivity contribution < 1.29 is 13.2 Å². The Labute approximate surface area is 229 Å². The maximum atomic E-state index is 13.1. The number of rotatable bonds is 6. The second-order valence-corrected chi connectivity index (χ2v) is 12.1. The van der Waals surface area contributed by atoms with Gasteiger partial charge in [-0.3, -0.25) is 0 Å². The monoisotopic (exact) mass is 552 g/mol. The fourth-order valence-corrected chi connectivity index (χ4v) is 7.60. The van der Waals surface area contributed by atoms with Gasteiger partial charge in [0, 0.05) is 41.5 Å². The minimum atomic E-state index is -4.25. The summed E-state index contributed by atoms with van der Waals surface area (Å²) in [5.41, 5.74) is 3.89. The number of hydrogen-bond donors (Lipinski definition) is 2. The van der Waals surface area contributed by atoms with Gasteiger partial charge in [0.25, 0.3) is 0 Å². The molecular weight excluding hydrogens is 521 g/mol. The summed E-state index contributed by atoms with van der Waals surface area (Å²) in [6, 6.07) is 10.1. The topological polar surface area (TPSA) is 80.6 Å². The van der Waals surface area contributed by atoms with Gasteiger partial charge in [-0.15, -0.1) is 11.3 Å². The molecular formula is C29H31F3N6S. The summed E-state index contributed by atoms with van der Waals surface area (Å²) in [4.78, 5) is 15.1. The van der Waals surface area contributed by atoms with Gasteiger partial charge in [0.2, 0.25) is 0 Å². The van der Waals surface area contributed by atoms with Crippen molar-refractivity contribution in [2.45, 2.75) is 64.2 Å². The van der Waals surface area contributed by atoms with E-state index in [1.165, 1.54) is 44.0 Å². The van der Waals surface area contributed by atoms with Crippen LogP contribution in [0.1, 0.15) is 53.8 Å². The summed E-state index contributed by atoms with van der Waals surface area (Å²) in [6.45, 7) is 4.40. The van der Waals surface area contributed by atoms with Crippen LogP contribution in [-0.2, 0) is 13.0 Å². The first-order valence-electron chi connectivity index (χ1n) is 13.6. The highest BCUT2D eigenvalue weighted by Gasteiger charge is 2.39. The molecule has 6 nitrogen and oxygen atoms in total. The predicted molar refractivity (Wildman–Crippen MR) is 148 cm³/mol. The van der Waals surface area contributed by atoms with Crippen LogP contribution in [0.15, 0.2) is 30.6 Å². The molecule has 0 radical (unpaired) electrons. The van der Waals surface area contributed by atoms with Crippen LogP contribution in [0.5, 0.6) is 0 Å². The Morgan fingerprint density at radius 3 is 2.72 bits per heavy atom. The third-order valence-corrected chi connectivity index (χ3v) is 9.56. The summed E-state index contributed by atoms with van der Waals surface area (Å²) < 4.78 is 39.2. The van der Waals surface area contributed by atoms with E-state index in [9.17, 15) is 18.4 Å². The fraction of sp³-hybridized carbons (Fsp3) is 0.483. The number of alkyl halides is 3. The quantitative estimate of drug-likeness (QED) is 0.281. The Morgan fingerprint density at radius 2 is 1.95 bits per heavy atom. The molecule has 3 aromatic heterocycles. The maximum absolute atomic E-state index is 13.1. The van der Waals surface area contributed by atoms with Crippen molar-refractivity contribution in [2.24, 2.45) is 11.8 Å². The highest BCUT2D eigenvalue weighted by Crippen LogP contribution is 2.40. The van der Waals surface area contributed by atoms with E-state index in [-0.39, 0.29) is 10.9 Å². The Kier molecular flexibility index (Phi) is 6.98. The summed E-state index contributed by atoms with van der Waals surface area (Å²) in [6.07, 6.45) is 2.51. The summed E-state index contributed by atoms with van der Waals surface area (Å²) >= 11 is 1.10. The lowest BCUT2D eigenvalue weighted by atomic mass is 9.78. The number of aromatic nitrogens is 3. The Balaban J connectivity index is 1.26. The lowest BCUT2D eigenvalue weighted by molar-refractivity contribution is -0.126. The molecule has 204 valence electrons. The third-order valence-electron chi connectivity index (χ3n) is 8.51. The third kappa shape index (κ3) is 5.35. The number of nitriles is 1. The minimum Gasteiger partial charge on any atom is -0.354 e. The van der Waals surface area contributed by atoms with Crippen molar-refractivity contribution in [1.82, 2.24) is 20.3 Å². The molecule has 0 spiro atoms. The van der Waals surface area contributed by atoms with Gasteiger partial charge in [0.15, 0.2) is 0 Å². The first-order chi connectivity index (χ1) is 18.8. The molecule has 2 fully saturated rings. The molecule has 1 aliphatic heterocycles. The number of halogens is 3. The molecule has 1 aromatic carbocycles. The average Bonchev–Trinajstić information content (AvgIpc) is 3.64. The van der Waals surface area contributed by atoms with Gasteiger partial charge >= 0.3 is 6.18 Å². The molecule has 4 heterocycles. The van der Waals surface area contributed by atoms with Gasteiger partial charge in [-0.25, -0.2) is 9.97 Å². The van der Waals surface area contributed by atoms with Crippen molar-refractivity contribution in [3.63, 3.8) is 0 Å². The van der Waals surface area contributed by atoms with Gasteiger partial charge in [0.1, 0.15) is 28.7 Å². The number of thiophene rings is 1. The largest absolute Gasteiger partial charge is 0.393 e. The second-order valence-electron chi connectivity index (χ2n) is 11.0. The van der Waals surface area contributed by atoms with E-state index in [2.05, 4.69) is 44.2 Å². The van der Waals surface area contributed by atoms with Gasteiger partial charge in [0.05, 0.1) is 11.8 Å². The number of anilines is 1. The van der Waals surface area contributed by atoms with Crippen LogP contribution in [0, 0.1) is 30.1 Å². The molecule has 2 unspecified atom stereocenters. The number of fused-ring (bicyclic) bond motifs is 2. The summed E-state index contributed by atoms with van der Waals surface area (Å²) in [7, 11) is 0. The van der Waals surface area contributed by atoms with Crippen molar-refractivity contribution >= 4 is 38.3 Å². The van der Waals surface area contributed by atoms with E-state index in [4.69, 9.17) is 0 Å². The normalized spacial score (nSPS) is 20.7. The molecule has 4 aromatic rings. The van der Waals surface area contributed by atoms with E-state index in [1.54, 1.807) is 6.07 Å². The molecule has 39 heavy (non-hydrogen) atoms. The number of hydrogen-bond acceptors (Lipinski definition) is 6. The van der Waals surface area contributed by atoms with Crippen LogP contribution >= 0.6 is 11.3 Å². The van der Waals surface area contributed by atoms with Crippen LogP contribution in [0.2, 0.25) is 0 Å². The maximum Gasteiger partial charge on any atom is 0.393 e. The van der Waals surface area contributed by atoms with Gasteiger partial charge < -0.3 is 15.2 Å². The van der Waals surface area contributed by atoms with Crippen LogP contribution in [-0.4, -0.2) is 40.3 Å². The highest BCUT2D eigenvalue weighted by molar-refractivity contribution is 7.18. The summed E-state index contributed by atoms with van der Waals surface area (Å²) in [5.74, 6) is 1.79. The predicted octanol–water partition coefficient (Wildman–Crippen LogP) is 6.63. The van der Waals surface area contributed by atoms with Crippen LogP contribution in [0.25, 0.3) is 21.1 Å². The molecule has 0 bridgehead atoms. The number of benzene rings is 1. The second kappa shape index (κ2) is 10.4. The number of nitrogens with zero attached hydrogens (tertiary/aromatic N) is 4. The zero-order valence-electron chi connectivity index (χ0n) is 21.8. The van der Waals surface area contributed by atoms with Crippen LogP contribution < -0.4 is 10.2 Å². The SMILES string of the molecule is Cc1c(CNC2CN(c3ncnc4sc(CC(F)(F)F)cc34)CC2C2CCCCC2)ccc2[nH]c(C#N)cc12. The molecule has 2 atom stereocenters. The average molecular weight is 553 g/mol. The standard InChI is InChI=1S/C29H31F3N6S/c1-17-19(7-8-25-22(17)9-20(12-33)37-25)13-34-26-15-38(14-24(26)18-5-3-2-4-6-18)27-23-10-21(11-29(30,31)32)39-28(23)36-16-35-27/h7-10,16,18,24,26,34,37H,2-6,11,13-15H2,1H3.